The fourth-order valence-corrected chi connectivity index (χ4v) is 1.25. The molecule has 4 heteroatoms. The molecule has 0 fully saturated rings. The molecule has 3 N–H and O–H groups in total. The second-order valence-electron chi connectivity index (χ2n) is 3.49. The zero-order valence-corrected chi connectivity index (χ0v) is 10.1. The number of hydrogen-bond acceptors (Lipinski definition) is 3. The molecule has 0 unspecified atom stereocenters. The Bertz CT molecular complexity index is 424. The molecule has 0 saturated heterocycles. The first-order chi connectivity index (χ1) is 8.17. The van der Waals surface area contributed by atoms with Gasteiger partial charge in [0.2, 0.25) is 5.91 Å². The second-order valence-corrected chi connectivity index (χ2v) is 3.49. The van der Waals surface area contributed by atoms with Crippen LogP contribution in [0.1, 0.15) is 18.9 Å². The van der Waals surface area contributed by atoms with Gasteiger partial charge in [-0.25, -0.2) is 0 Å². The van der Waals surface area contributed by atoms with Gasteiger partial charge in [-0.2, -0.15) is 0 Å². The monoisotopic (exact) mass is 231 g/mol. The van der Waals surface area contributed by atoms with E-state index in [1.165, 1.54) is 0 Å². The third-order valence-electron chi connectivity index (χ3n) is 2.24. The van der Waals surface area contributed by atoms with Gasteiger partial charge in [-0.3, -0.25) is 4.79 Å². The molecule has 0 aliphatic carbocycles. The first-order valence-electron chi connectivity index (χ1n) is 5.50. The molecule has 0 aliphatic rings. The molecule has 0 aliphatic heterocycles. The number of allylic oxidation sites excluding steroid dienone is 1. The van der Waals surface area contributed by atoms with E-state index in [-0.39, 0.29) is 5.91 Å². The molecule has 0 bridgehead atoms. The standard InChI is InChI=1S/C13H17N3O/c1-3-13(17)16-12(15-2)9-11(14)10-7-5-4-6-8-10/h4-9,14-15H,3H2,1-2H3,(H,16,17)/b12-9+,14-11?. The SMILES string of the molecule is CCC(=O)N/C(=C/C(=N)c1ccccc1)NC. The molecular formula is C13H17N3O. The number of nitrogens with one attached hydrogen (secondary N) is 3. The van der Waals surface area contributed by atoms with E-state index in [0.717, 1.165) is 5.56 Å². The molecule has 0 radical (unpaired) electrons. The third kappa shape index (κ3) is 4.10. The average Bonchev–Trinajstić information content (AvgIpc) is 2.38. The molecule has 0 spiro atoms. The fraction of sp³-hybridized carbons (Fsp3) is 0.231. The summed E-state index contributed by atoms with van der Waals surface area (Å²) in [5.74, 6) is 0.456. The number of rotatable bonds is 5. The van der Waals surface area contributed by atoms with Crippen molar-refractivity contribution >= 4 is 11.6 Å². The molecule has 1 aromatic carbocycles. The van der Waals surface area contributed by atoms with Crippen LogP contribution in [0.3, 0.4) is 0 Å². The lowest BCUT2D eigenvalue weighted by Gasteiger charge is -2.08. The Morgan fingerprint density at radius 2 is 2.00 bits per heavy atom. The second kappa shape index (κ2) is 6.48. The summed E-state index contributed by atoms with van der Waals surface area (Å²) in [6.45, 7) is 1.78. The van der Waals surface area contributed by atoms with Crippen molar-refractivity contribution in [3.63, 3.8) is 0 Å². The summed E-state index contributed by atoms with van der Waals surface area (Å²) < 4.78 is 0. The summed E-state index contributed by atoms with van der Waals surface area (Å²) in [7, 11) is 1.71. The van der Waals surface area contributed by atoms with Gasteiger partial charge in [0.1, 0.15) is 5.82 Å². The molecule has 1 rings (SSSR count). The van der Waals surface area contributed by atoms with Gasteiger partial charge >= 0.3 is 0 Å². The molecular weight excluding hydrogens is 214 g/mol. The number of hydrogen-bond donors (Lipinski definition) is 3. The largest absolute Gasteiger partial charge is 0.375 e. The first kappa shape index (κ1) is 13.0. The predicted octanol–water partition coefficient (Wildman–Crippen LogP) is 1.64. The zero-order valence-electron chi connectivity index (χ0n) is 10.1. The summed E-state index contributed by atoms with van der Waals surface area (Å²) in [6.07, 6.45) is 2.01. The zero-order chi connectivity index (χ0) is 12.7. The van der Waals surface area contributed by atoms with Crippen molar-refractivity contribution < 1.29 is 4.79 Å². The minimum Gasteiger partial charge on any atom is -0.375 e. The van der Waals surface area contributed by atoms with Crippen LogP contribution in [0.5, 0.6) is 0 Å². The Balaban J connectivity index is 2.78. The van der Waals surface area contributed by atoms with E-state index < -0.39 is 0 Å². The van der Waals surface area contributed by atoms with Crippen molar-refractivity contribution in [2.45, 2.75) is 13.3 Å². The van der Waals surface area contributed by atoms with Gasteiger partial charge in [0.05, 0.1) is 5.71 Å². The Kier molecular flexibility index (Phi) is 4.94. The summed E-state index contributed by atoms with van der Waals surface area (Å²) in [4.78, 5) is 11.2. The van der Waals surface area contributed by atoms with E-state index >= 15 is 0 Å². The highest BCUT2D eigenvalue weighted by Crippen LogP contribution is 2.01. The third-order valence-corrected chi connectivity index (χ3v) is 2.24. The van der Waals surface area contributed by atoms with E-state index in [4.69, 9.17) is 5.41 Å². The fourth-order valence-electron chi connectivity index (χ4n) is 1.25. The van der Waals surface area contributed by atoms with Crippen LogP contribution in [0.4, 0.5) is 0 Å². The quantitative estimate of drug-likeness (QED) is 0.674. The van der Waals surface area contributed by atoms with Crippen LogP contribution in [0.15, 0.2) is 42.2 Å². The van der Waals surface area contributed by atoms with Gasteiger partial charge in [-0.1, -0.05) is 37.3 Å². The summed E-state index contributed by atoms with van der Waals surface area (Å²) >= 11 is 0. The highest BCUT2D eigenvalue weighted by Gasteiger charge is 2.02. The van der Waals surface area contributed by atoms with E-state index in [0.29, 0.717) is 18.0 Å². The van der Waals surface area contributed by atoms with Crippen molar-refractivity contribution in [3.05, 3.63) is 47.8 Å². The summed E-state index contributed by atoms with van der Waals surface area (Å²) in [5, 5.41) is 13.4. The van der Waals surface area contributed by atoms with Crippen LogP contribution in [0, 0.1) is 5.41 Å². The predicted molar refractivity (Wildman–Crippen MR) is 68.8 cm³/mol. The van der Waals surface area contributed by atoms with Crippen LogP contribution >= 0.6 is 0 Å². The number of amides is 1. The Labute approximate surface area is 101 Å². The number of benzene rings is 1. The van der Waals surface area contributed by atoms with E-state index in [1.54, 1.807) is 20.0 Å². The minimum absolute atomic E-state index is 0.0774. The molecule has 0 heterocycles. The lowest BCUT2D eigenvalue weighted by Crippen LogP contribution is -2.29. The lowest BCUT2D eigenvalue weighted by atomic mass is 10.1. The number of carbonyl (C=O) groups excluding carboxylic acids is 1. The lowest BCUT2D eigenvalue weighted by molar-refractivity contribution is -0.120. The highest BCUT2D eigenvalue weighted by molar-refractivity contribution is 6.07. The van der Waals surface area contributed by atoms with E-state index in [2.05, 4.69) is 10.6 Å². The maximum Gasteiger partial charge on any atom is 0.225 e. The van der Waals surface area contributed by atoms with Crippen LogP contribution < -0.4 is 10.6 Å². The van der Waals surface area contributed by atoms with Crippen molar-refractivity contribution in [3.8, 4) is 0 Å². The maximum absolute atomic E-state index is 11.2. The van der Waals surface area contributed by atoms with Crippen molar-refractivity contribution in [2.24, 2.45) is 0 Å². The van der Waals surface area contributed by atoms with Crippen molar-refractivity contribution in [2.75, 3.05) is 7.05 Å². The van der Waals surface area contributed by atoms with Crippen molar-refractivity contribution in [1.29, 1.82) is 5.41 Å². The van der Waals surface area contributed by atoms with Gasteiger partial charge in [0.15, 0.2) is 0 Å². The van der Waals surface area contributed by atoms with Crippen LogP contribution in [0.25, 0.3) is 0 Å². The first-order valence-corrected chi connectivity index (χ1v) is 5.50. The van der Waals surface area contributed by atoms with Gasteiger partial charge in [0, 0.05) is 19.5 Å². The molecule has 0 saturated carbocycles. The van der Waals surface area contributed by atoms with E-state index in [9.17, 15) is 4.79 Å². The van der Waals surface area contributed by atoms with Gasteiger partial charge in [0.25, 0.3) is 0 Å². The molecule has 0 aromatic heterocycles. The molecule has 17 heavy (non-hydrogen) atoms. The van der Waals surface area contributed by atoms with Crippen LogP contribution in [0.2, 0.25) is 0 Å². The average molecular weight is 231 g/mol. The maximum atomic E-state index is 11.2. The number of carbonyl (C=O) groups is 1. The van der Waals surface area contributed by atoms with E-state index in [1.807, 2.05) is 30.3 Å². The molecule has 1 amide bonds. The van der Waals surface area contributed by atoms with Crippen LogP contribution in [-0.4, -0.2) is 18.7 Å². The Morgan fingerprint density at radius 1 is 1.35 bits per heavy atom. The Morgan fingerprint density at radius 3 is 2.53 bits per heavy atom. The Hall–Kier alpha value is -2.10. The van der Waals surface area contributed by atoms with Crippen molar-refractivity contribution in [1.82, 2.24) is 10.6 Å². The highest BCUT2D eigenvalue weighted by atomic mass is 16.1. The van der Waals surface area contributed by atoms with Gasteiger partial charge in [-0.05, 0) is 5.56 Å². The topological polar surface area (TPSA) is 65.0 Å². The normalized spacial score (nSPS) is 10.8. The summed E-state index contributed by atoms with van der Waals surface area (Å²) in [5.41, 5.74) is 1.16. The van der Waals surface area contributed by atoms with Gasteiger partial charge in [-0.15, -0.1) is 0 Å². The summed E-state index contributed by atoms with van der Waals surface area (Å²) in [6, 6.07) is 9.36. The molecule has 1 aromatic rings. The molecule has 4 nitrogen and oxygen atoms in total. The van der Waals surface area contributed by atoms with Crippen LogP contribution in [-0.2, 0) is 4.79 Å². The minimum atomic E-state index is -0.0774. The molecule has 0 atom stereocenters. The molecule has 90 valence electrons. The smallest absolute Gasteiger partial charge is 0.225 e. The van der Waals surface area contributed by atoms with Gasteiger partial charge < -0.3 is 16.0 Å².